The topological polar surface area (TPSA) is 35.5 Å². The number of phenols is 1. The van der Waals surface area contributed by atoms with Gasteiger partial charge in [0.1, 0.15) is 5.75 Å². The van der Waals surface area contributed by atoms with Gasteiger partial charge in [0, 0.05) is 24.7 Å². The minimum Gasteiger partial charge on any atom is -0.508 e. The van der Waals surface area contributed by atoms with Gasteiger partial charge in [0.05, 0.1) is 0 Å². The number of hydrogen-bond donors (Lipinski definition) is 2. The quantitative estimate of drug-likeness (QED) is 0.866. The van der Waals surface area contributed by atoms with E-state index < -0.39 is 0 Å². The van der Waals surface area contributed by atoms with Crippen LogP contribution in [0.25, 0.3) is 0 Å². The monoisotopic (exact) mass is 274 g/mol. The van der Waals surface area contributed by atoms with Gasteiger partial charge in [-0.05, 0) is 69.3 Å². The first-order valence-corrected chi connectivity index (χ1v) is 7.92. The van der Waals surface area contributed by atoms with Crippen LogP contribution >= 0.6 is 0 Å². The largest absolute Gasteiger partial charge is 0.508 e. The Morgan fingerprint density at radius 1 is 1.35 bits per heavy atom. The summed E-state index contributed by atoms with van der Waals surface area (Å²) in [6, 6.07) is 7.71. The Kier molecular flexibility index (Phi) is 3.99. The second-order valence-corrected chi connectivity index (χ2v) is 6.48. The summed E-state index contributed by atoms with van der Waals surface area (Å²) < 4.78 is 0. The maximum atomic E-state index is 9.61. The van der Waals surface area contributed by atoms with Gasteiger partial charge in [0.2, 0.25) is 0 Å². The van der Waals surface area contributed by atoms with Gasteiger partial charge in [-0.1, -0.05) is 6.07 Å². The number of aryl methyl sites for hydroxylation is 1. The van der Waals surface area contributed by atoms with Gasteiger partial charge in [0.15, 0.2) is 0 Å². The molecule has 0 spiro atoms. The van der Waals surface area contributed by atoms with Crippen LogP contribution in [0.5, 0.6) is 5.75 Å². The third kappa shape index (κ3) is 2.99. The Balaban J connectivity index is 1.61. The number of rotatable bonds is 5. The molecule has 0 aliphatic heterocycles. The normalized spacial score (nSPS) is 23.6. The first-order chi connectivity index (χ1) is 9.65. The first-order valence-electron chi connectivity index (χ1n) is 7.92. The fourth-order valence-electron chi connectivity index (χ4n) is 3.31. The van der Waals surface area contributed by atoms with Crippen molar-refractivity contribution in [3.63, 3.8) is 0 Å². The van der Waals surface area contributed by atoms with Crippen LogP contribution in [-0.4, -0.2) is 35.7 Å². The van der Waals surface area contributed by atoms with Crippen LogP contribution in [-0.2, 0) is 6.42 Å². The maximum Gasteiger partial charge on any atom is 0.115 e. The second-order valence-electron chi connectivity index (χ2n) is 6.48. The predicted molar refractivity (Wildman–Crippen MR) is 82.0 cm³/mol. The molecule has 1 saturated carbocycles. The molecule has 0 bridgehead atoms. The van der Waals surface area contributed by atoms with Crippen LogP contribution in [0.15, 0.2) is 18.2 Å². The summed E-state index contributed by atoms with van der Waals surface area (Å²) >= 11 is 0. The molecule has 1 aromatic rings. The molecule has 0 saturated heterocycles. The zero-order valence-electron chi connectivity index (χ0n) is 12.6. The van der Waals surface area contributed by atoms with Crippen molar-refractivity contribution in [2.75, 3.05) is 13.6 Å². The van der Waals surface area contributed by atoms with E-state index in [1.165, 1.54) is 36.8 Å². The van der Waals surface area contributed by atoms with E-state index in [0.717, 1.165) is 19.0 Å². The van der Waals surface area contributed by atoms with E-state index in [2.05, 4.69) is 30.3 Å². The highest BCUT2D eigenvalue weighted by molar-refractivity contribution is 5.38. The Labute approximate surface area is 122 Å². The average Bonchev–Trinajstić information content (AvgIpc) is 3.28. The summed E-state index contributed by atoms with van der Waals surface area (Å²) in [6.45, 7) is 3.35. The van der Waals surface area contributed by atoms with Crippen molar-refractivity contribution < 1.29 is 5.11 Å². The molecule has 2 N–H and O–H groups in total. The first kappa shape index (κ1) is 13.9. The zero-order chi connectivity index (χ0) is 14.1. The van der Waals surface area contributed by atoms with Crippen LogP contribution in [0, 0.1) is 0 Å². The van der Waals surface area contributed by atoms with Crippen molar-refractivity contribution in [1.82, 2.24) is 10.2 Å². The van der Waals surface area contributed by atoms with Gasteiger partial charge in [-0.15, -0.1) is 0 Å². The number of likely N-dealkylation sites (N-methyl/N-ethyl adjacent to an activating group) is 1. The number of nitrogens with zero attached hydrogens (tertiary/aromatic N) is 1. The summed E-state index contributed by atoms with van der Waals surface area (Å²) in [5.74, 6) is 0.395. The summed E-state index contributed by atoms with van der Waals surface area (Å²) in [7, 11) is 2.25. The van der Waals surface area contributed by atoms with E-state index in [1.807, 2.05) is 12.1 Å². The number of benzene rings is 1. The lowest BCUT2D eigenvalue weighted by atomic mass is 9.87. The lowest BCUT2D eigenvalue weighted by Crippen LogP contribution is -2.40. The lowest BCUT2D eigenvalue weighted by molar-refractivity contribution is 0.233. The van der Waals surface area contributed by atoms with Crippen LogP contribution in [0.4, 0.5) is 0 Å². The molecular weight excluding hydrogens is 248 g/mol. The van der Waals surface area contributed by atoms with E-state index in [1.54, 1.807) is 0 Å². The minimum atomic E-state index is 0.395. The molecule has 0 radical (unpaired) electrons. The van der Waals surface area contributed by atoms with Crippen molar-refractivity contribution in [3.8, 4) is 5.75 Å². The third-order valence-electron chi connectivity index (χ3n) is 4.92. The van der Waals surface area contributed by atoms with Gasteiger partial charge >= 0.3 is 0 Å². The van der Waals surface area contributed by atoms with E-state index in [0.29, 0.717) is 17.8 Å². The molecule has 0 amide bonds. The standard InChI is InChI=1S/C17H26N2O/c1-12(19(2)14-6-7-14)11-18-17-5-3-4-13-10-15(20)8-9-16(13)17/h8-10,12,14,17-18,20H,3-7,11H2,1-2H3. The Morgan fingerprint density at radius 3 is 2.90 bits per heavy atom. The Bertz CT molecular complexity index is 470. The Morgan fingerprint density at radius 2 is 2.15 bits per heavy atom. The molecule has 110 valence electrons. The summed E-state index contributed by atoms with van der Waals surface area (Å²) in [6.07, 6.45) is 6.25. The highest BCUT2D eigenvalue weighted by Gasteiger charge is 2.29. The van der Waals surface area contributed by atoms with Crippen molar-refractivity contribution in [2.45, 2.75) is 57.2 Å². The van der Waals surface area contributed by atoms with E-state index >= 15 is 0 Å². The molecule has 0 aromatic heterocycles. The molecular formula is C17H26N2O. The SMILES string of the molecule is CC(CNC1CCCc2cc(O)ccc21)N(C)C1CC1. The molecule has 0 heterocycles. The molecule has 2 aliphatic carbocycles. The van der Waals surface area contributed by atoms with Gasteiger partial charge in [-0.25, -0.2) is 0 Å². The van der Waals surface area contributed by atoms with Gasteiger partial charge in [-0.3, -0.25) is 4.90 Å². The molecule has 2 aliphatic rings. The maximum absolute atomic E-state index is 9.61. The van der Waals surface area contributed by atoms with Crippen molar-refractivity contribution >= 4 is 0 Å². The van der Waals surface area contributed by atoms with Crippen LogP contribution in [0.1, 0.15) is 49.8 Å². The number of phenolic OH excluding ortho intramolecular Hbond substituents is 1. The average molecular weight is 274 g/mol. The molecule has 1 aromatic carbocycles. The fraction of sp³-hybridized carbons (Fsp3) is 0.647. The number of hydrogen-bond acceptors (Lipinski definition) is 3. The third-order valence-corrected chi connectivity index (χ3v) is 4.92. The van der Waals surface area contributed by atoms with Gasteiger partial charge in [0.25, 0.3) is 0 Å². The van der Waals surface area contributed by atoms with Crippen LogP contribution < -0.4 is 5.32 Å². The van der Waals surface area contributed by atoms with Crippen molar-refractivity contribution in [1.29, 1.82) is 0 Å². The van der Waals surface area contributed by atoms with Gasteiger partial charge in [-0.2, -0.15) is 0 Å². The fourth-order valence-corrected chi connectivity index (χ4v) is 3.31. The molecule has 3 heteroatoms. The van der Waals surface area contributed by atoms with Crippen molar-refractivity contribution in [2.24, 2.45) is 0 Å². The van der Waals surface area contributed by atoms with E-state index in [9.17, 15) is 5.11 Å². The number of nitrogens with one attached hydrogen (secondary N) is 1. The molecule has 2 unspecified atom stereocenters. The smallest absolute Gasteiger partial charge is 0.115 e. The van der Waals surface area contributed by atoms with Crippen LogP contribution in [0.3, 0.4) is 0 Å². The second kappa shape index (κ2) is 5.74. The summed E-state index contributed by atoms with van der Waals surface area (Å²) in [5, 5.41) is 13.3. The minimum absolute atomic E-state index is 0.395. The van der Waals surface area contributed by atoms with Gasteiger partial charge < -0.3 is 10.4 Å². The zero-order valence-corrected chi connectivity index (χ0v) is 12.6. The number of aromatic hydroxyl groups is 1. The molecule has 3 rings (SSSR count). The highest BCUT2D eigenvalue weighted by Crippen LogP contribution is 2.32. The highest BCUT2D eigenvalue weighted by atomic mass is 16.3. The summed E-state index contributed by atoms with van der Waals surface area (Å²) in [5.41, 5.74) is 2.70. The molecule has 3 nitrogen and oxygen atoms in total. The molecule has 2 atom stereocenters. The van der Waals surface area contributed by atoms with Crippen molar-refractivity contribution in [3.05, 3.63) is 29.3 Å². The predicted octanol–water partition coefficient (Wildman–Crippen LogP) is 2.84. The lowest BCUT2D eigenvalue weighted by Gasteiger charge is -2.30. The Hall–Kier alpha value is -1.06. The molecule has 20 heavy (non-hydrogen) atoms. The van der Waals surface area contributed by atoms with Crippen LogP contribution in [0.2, 0.25) is 0 Å². The summed E-state index contributed by atoms with van der Waals surface area (Å²) in [4.78, 5) is 2.51. The van der Waals surface area contributed by atoms with E-state index in [4.69, 9.17) is 0 Å². The number of fused-ring (bicyclic) bond motifs is 1. The van der Waals surface area contributed by atoms with E-state index in [-0.39, 0.29) is 0 Å². The molecule has 1 fully saturated rings.